The normalized spacial score (nSPS) is 16.2. The number of rotatable bonds is 7. The second-order valence-corrected chi connectivity index (χ2v) is 10.1. The first-order valence-electron chi connectivity index (χ1n) is 13.2. The van der Waals surface area contributed by atoms with Crippen LogP contribution in [0.1, 0.15) is 67.9 Å². The number of carbonyl (C=O) groups excluding carboxylic acids is 2. The van der Waals surface area contributed by atoms with E-state index in [1.54, 1.807) is 30.5 Å². The lowest BCUT2D eigenvalue weighted by Gasteiger charge is -2.14. The SMILES string of the molecule is O=C(NCc1ccco1)c1ccc(-c2cc(CCc3ccc(C(F)(F)F)cc3)nc3c2C(=O)N2CCC[C@@H]32)cc1. The molecule has 9 heteroatoms. The molecule has 6 nitrogen and oxygen atoms in total. The number of nitrogens with zero attached hydrogens (tertiary/aromatic N) is 2. The highest BCUT2D eigenvalue weighted by Gasteiger charge is 2.42. The molecular weight excluding hydrogens is 519 g/mol. The summed E-state index contributed by atoms with van der Waals surface area (Å²) in [6.07, 6.45) is -0.0232. The van der Waals surface area contributed by atoms with E-state index in [0.29, 0.717) is 36.3 Å². The average molecular weight is 546 g/mol. The number of furan rings is 1. The van der Waals surface area contributed by atoms with Crippen molar-refractivity contribution < 1.29 is 27.2 Å². The Balaban J connectivity index is 1.26. The molecule has 4 aromatic rings. The van der Waals surface area contributed by atoms with Gasteiger partial charge in [0.05, 0.1) is 35.7 Å². The molecule has 1 fully saturated rings. The minimum absolute atomic E-state index is 0.0328. The summed E-state index contributed by atoms with van der Waals surface area (Å²) in [5.74, 6) is 0.381. The molecule has 2 aromatic heterocycles. The van der Waals surface area contributed by atoms with Crippen LogP contribution >= 0.6 is 0 Å². The van der Waals surface area contributed by atoms with Crippen molar-refractivity contribution in [2.75, 3.05) is 6.54 Å². The van der Waals surface area contributed by atoms with E-state index in [0.717, 1.165) is 53.1 Å². The number of halogens is 3. The molecule has 0 spiro atoms. The zero-order valence-corrected chi connectivity index (χ0v) is 21.5. The van der Waals surface area contributed by atoms with Crippen LogP contribution in [-0.4, -0.2) is 28.2 Å². The van der Waals surface area contributed by atoms with E-state index in [1.165, 1.54) is 12.1 Å². The van der Waals surface area contributed by atoms with Crippen LogP contribution in [0.5, 0.6) is 0 Å². The number of hydrogen-bond donors (Lipinski definition) is 1. The smallest absolute Gasteiger partial charge is 0.416 e. The number of pyridine rings is 1. The van der Waals surface area contributed by atoms with Crippen molar-refractivity contribution in [3.05, 3.63) is 112 Å². The summed E-state index contributed by atoms with van der Waals surface area (Å²) in [5, 5.41) is 2.82. The first-order valence-corrected chi connectivity index (χ1v) is 13.2. The van der Waals surface area contributed by atoms with Crippen LogP contribution < -0.4 is 5.32 Å². The molecule has 0 saturated carbocycles. The standard InChI is InChI=1S/C31H26F3N3O3/c32-31(33,34)22-12-5-19(6-13-22)7-14-23-17-25(27-28(36-23)26-4-1-15-37(26)30(27)39)20-8-10-21(11-9-20)29(38)35-18-24-3-2-16-40-24/h2-3,5-6,8-13,16-17,26H,1,4,7,14-15,18H2,(H,35,38)/t26-/m0/s1. The number of aromatic nitrogens is 1. The summed E-state index contributed by atoms with van der Waals surface area (Å²) in [6, 6.07) is 17.7. The Morgan fingerprint density at radius 1 is 1.05 bits per heavy atom. The maximum Gasteiger partial charge on any atom is 0.416 e. The Labute approximate surface area is 228 Å². The van der Waals surface area contributed by atoms with Gasteiger partial charge in [-0.2, -0.15) is 13.2 Å². The Kier molecular flexibility index (Phi) is 6.65. The molecule has 1 atom stereocenters. The van der Waals surface area contributed by atoms with Crippen molar-refractivity contribution in [3.63, 3.8) is 0 Å². The van der Waals surface area contributed by atoms with E-state index in [9.17, 15) is 22.8 Å². The molecule has 2 amide bonds. The zero-order chi connectivity index (χ0) is 27.9. The third-order valence-electron chi connectivity index (χ3n) is 7.56. The molecular formula is C31H26F3N3O3. The molecule has 2 aromatic carbocycles. The molecule has 2 aliphatic rings. The van der Waals surface area contributed by atoms with Gasteiger partial charge in [0, 0.05) is 17.8 Å². The summed E-state index contributed by atoms with van der Waals surface area (Å²) in [6.45, 7) is 0.967. The minimum Gasteiger partial charge on any atom is -0.467 e. The van der Waals surface area contributed by atoms with Gasteiger partial charge in [-0.3, -0.25) is 14.6 Å². The largest absolute Gasteiger partial charge is 0.467 e. The van der Waals surface area contributed by atoms with Gasteiger partial charge in [0.15, 0.2) is 0 Å². The molecule has 6 rings (SSSR count). The second-order valence-electron chi connectivity index (χ2n) is 10.1. The quantitative estimate of drug-likeness (QED) is 0.293. The van der Waals surface area contributed by atoms with Crippen LogP contribution in [0.15, 0.2) is 77.4 Å². The van der Waals surface area contributed by atoms with Crippen LogP contribution in [0.3, 0.4) is 0 Å². The summed E-state index contributed by atoms with van der Waals surface area (Å²) in [4.78, 5) is 32.7. The van der Waals surface area contributed by atoms with Crippen LogP contribution in [0, 0.1) is 0 Å². The van der Waals surface area contributed by atoms with Crippen LogP contribution in [-0.2, 0) is 25.6 Å². The van der Waals surface area contributed by atoms with Crippen molar-refractivity contribution in [2.24, 2.45) is 0 Å². The molecule has 0 bridgehead atoms. The third kappa shape index (κ3) is 4.99. The van der Waals surface area contributed by atoms with Crippen molar-refractivity contribution >= 4 is 11.8 Å². The fraction of sp³-hybridized carbons (Fsp3) is 0.258. The number of benzene rings is 2. The minimum atomic E-state index is -4.37. The molecule has 40 heavy (non-hydrogen) atoms. The lowest BCUT2D eigenvalue weighted by molar-refractivity contribution is -0.137. The summed E-state index contributed by atoms with van der Waals surface area (Å²) < 4.78 is 44.1. The first-order chi connectivity index (χ1) is 19.3. The van der Waals surface area contributed by atoms with Gasteiger partial charge in [-0.25, -0.2) is 0 Å². The predicted octanol–water partition coefficient (Wildman–Crippen LogP) is 6.37. The maximum absolute atomic E-state index is 13.4. The Morgan fingerprint density at radius 3 is 2.52 bits per heavy atom. The van der Waals surface area contributed by atoms with E-state index < -0.39 is 11.7 Å². The van der Waals surface area contributed by atoms with Gasteiger partial charge in [-0.1, -0.05) is 24.3 Å². The number of aryl methyl sites for hydroxylation is 2. The highest BCUT2D eigenvalue weighted by molar-refractivity contribution is 6.05. The van der Waals surface area contributed by atoms with Crippen LogP contribution in [0.2, 0.25) is 0 Å². The highest BCUT2D eigenvalue weighted by atomic mass is 19.4. The fourth-order valence-corrected chi connectivity index (χ4v) is 5.50. The first kappa shape index (κ1) is 25.9. The molecule has 1 N–H and O–H groups in total. The van der Waals surface area contributed by atoms with Crippen LogP contribution in [0.4, 0.5) is 13.2 Å². The Hall–Kier alpha value is -4.40. The van der Waals surface area contributed by atoms with Crippen LogP contribution in [0.25, 0.3) is 11.1 Å². The third-order valence-corrected chi connectivity index (χ3v) is 7.56. The van der Waals surface area contributed by atoms with E-state index in [2.05, 4.69) is 5.32 Å². The molecule has 0 aliphatic carbocycles. The summed E-state index contributed by atoms with van der Waals surface area (Å²) in [7, 11) is 0. The van der Waals surface area contributed by atoms with Crippen molar-refractivity contribution in [2.45, 2.75) is 44.4 Å². The maximum atomic E-state index is 13.4. The van der Waals surface area contributed by atoms with Gasteiger partial charge in [0.2, 0.25) is 0 Å². The van der Waals surface area contributed by atoms with Gasteiger partial charge in [-0.05, 0) is 84.8 Å². The number of alkyl halides is 3. The van der Waals surface area contributed by atoms with E-state index in [-0.39, 0.29) is 24.4 Å². The lowest BCUT2D eigenvalue weighted by atomic mass is 9.94. The monoisotopic (exact) mass is 545 g/mol. The number of hydrogen-bond acceptors (Lipinski definition) is 4. The molecule has 0 unspecified atom stereocenters. The van der Waals surface area contributed by atoms with E-state index in [4.69, 9.17) is 9.40 Å². The summed E-state index contributed by atoms with van der Waals surface area (Å²) in [5.41, 5.74) is 4.28. The number of nitrogens with one attached hydrogen (secondary N) is 1. The number of carbonyl (C=O) groups is 2. The van der Waals surface area contributed by atoms with Crippen molar-refractivity contribution in [1.29, 1.82) is 0 Å². The summed E-state index contributed by atoms with van der Waals surface area (Å²) >= 11 is 0. The van der Waals surface area contributed by atoms with Gasteiger partial charge in [0.25, 0.3) is 11.8 Å². The van der Waals surface area contributed by atoms with Gasteiger partial charge >= 0.3 is 6.18 Å². The zero-order valence-electron chi connectivity index (χ0n) is 21.5. The highest BCUT2D eigenvalue weighted by Crippen LogP contribution is 2.44. The molecule has 204 valence electrons. The van der Waals surface area contributed by atoms with E-state index in [1.807, 2.05) is 23.1 Å². The average Bonchev–Trinajstić information content (AvgIpc) is 3.71. The molecule has 2 aliphatic heterocycles. The van der Waals surface area contributed by atoms with Gasteiger partial charge in [0.1, 0.15) is 5.76 Å². The predicted molar refractivity (Wildman–Crippen MR) is 141 cm³/mol. The fourth-order valence-electron chi connectivity index (χ4n) is 5.50. The second kappa shape index (κ2) is 10.3. The molecule has 4 heterocycles. The van der Waals surface area contributed by atoms with Crippen molar-refractivity contribution in [1.82, 2.24) is 15.2 Å². The van der Waals surface area contributed by atoms with Crippen molar-refractivity contribution in [3.8, 4) is 11.1 Å². The molecule has 0 radical (unpaired) electrons. The Bertz CT molecular complexity index is 1550. The van der Waals surface area contributed by atoms with Gasteiger partial charge in [-0.15, -0.1) is 0 Å². The lowest BCUT2D eigenvalue weighted by Crippen LogP contribution is -2.23. The Morgan fingerprint density at radius 2 is 1.82 bits per heavy atom. The topological polar surface area (TPSA) is 75.4 Å². The number of amides is 2. The number of fused-ring (bicyclic) bond motifs is 3. The van der Waals surface area contributed by atoms with Gasteiger partial charge < -0.3 is 14.6 Å². The molecule has 1 saturated heterocycles. The van der Waals surface area contributed by atoms with E-state index >= 15 is 0 Å².